The third kappa shape index (κ3) is 6.87. The van der Waals surface area contributed by atoms with Crippen LogP contribution in [0.15, 0.2) is 29.3 Å². The Morgan fingerprint density at radius 1 is 1.39 bits per heavy atom. The molecule has 2 N–H and O–H groups in total. The first-order valence-electron chi connectivity index (χ1n) is 9.28. The second kappa shape index (κ2) is 9.97. The van der Waals surface area contributed by atoms with Gasteiger partial charge in [-0.05, 0) is 38.2 Å². The number of halogens is 3. The molecule has 6 nitrogen and oxygen atoms in total. The van der Waals surface area contributed by atoms with Crippen LogP contribution in [-0.4, -0.2) is 82.4 Å². The average Bonchev–Trinajstić information content (AvgIpc) is 3.05. The van der Waals surface area contributed by atoms with Crippen molar-refractivity contribution in [3.05, 3.63) is 29.8 Å². The van der Waals surface area contributed by atoms with E-state index in [1.54, 1.807) is 14.2 Å². The Bertz CT molecular complexity index is 651. The monoisotopic (exact) mass is 401 g/mol. The summed E-state index contributed by atoms with van der Waals surface area (Å²) in [5, 5.41) is 6.53. The minimum Gasteiger partial charge on any atom is -0.497 e. The van der Waals surface area contributed by atoms with Crippen molar-refractivity contribution >= 4 is 5.96 Å². The standard InChI is InChI=1S/C19H30F3N5O/c1-23-18(25-15-8-9-27(12-15)13-19(20,21)22)24-11-17(26(2)3)14-6-5-7-16(10-14)28-4/h5-7,10,15,17H,8-9,11-13H2,1-4H3,(H2,23,24,25). The minimum atomic E-state index is -4.16. The summed E-state index contributed by atoms with van der Waals surface area (Å²) in [4.78, 5) is 7.73. The largest absolute Gasteiger partial charge is 0.497 e. The maximum atomic E-state index is 12.6. The van der Waals surface area contributed by atoms with Gasteiger partial charge in [-0.15, -0.1) is 0 Å². The Morgan fingerprint density at radius 3 is 2.75 bits per heavy atom. The Morgan fingerprint density at radius 2 is 2.14 bits per heavy atom. The molecule has 1 saturated heterocycles. The van der Waals surface area contributed by atoms with Crippen LogP contribution in [0.25, 0.3) is 0 Å². The number of benzene rings is 1. The van der Waals surface area contributed by atoms with Gasteiger partial charge in [0.25, 0.3) is 0 Å². The van der Waals surface area contributed by atoms with Gasteiger partial charge in [0, 0.05) is 32.7 Å². The number of nitrogens with one attached hydrogen (secondary N) is 2. The van der Waals surface area contributed by atoms with E-state index in [2.05, 4.69) is 20.5 Å². The molecule has 0 radical (unpaired) electrons. The zero-order valence-corrected chi connectivity index (χ0v) is 16.9. The van der Waals surface area contributed by atoms with Gasteiger partial charge in [0.2, 0.25) is 0 Å². The predicted molar refractivity (Wildman–Crippen MR) is 105 cm³/mol. The lowest BCUT2D eigenvalue weighted by Crippen LogP contribution is -2.47. The maximum absolute atomic E-state index is 12.6. The van der Waals surface area contributed by atoms with Crippen LogP contribution in [0, 0.1) is 0 Å². The van der Waals surface area contributed by atoms with Crippen LogP contribution in [0.5, 0.6) is 5.75 Å². The van der Waals surface area contributed by atoms with Crippen molar-refractivity contribution in [1.29, 1.82) is 0 Å². The lowest BCUT2D eigenvalue weighted by atomic mass is 10.1. The van der Waals surface area contributed by atoms with Crippen molar-refractivity contribution in [3.8, 4) is 5.75 Å². The molecule has 0 spiro atoms. The predicted octanol–water partition coefficient (Wildman–Crippen LogP) is 2.10. The molecule has 9 heteroatoms. The number of rotatable bonds is 7. The molecule has 1 aliphatic heterocycles. The Balaban J connectivity index is 1.91. The molecule has 0 saturated carbocycles. The summed E-state index contributed by atoms with van der Waals surface area (Å²) < 4.78 is 43.0. The van der Waals surface area contributed by atoms with Crippen molar-refractivity contribution in [2.75, 3.05) is 54.4 Å². The highest BCUT2D eigenvalue weighted by molar-refractivity contribution is 5.80. The first kappa shape index (κ1) is 22.3. The maximum Gasteiger partial charge on any atom is 0.401 e. The number of ether oxygens (including phenoxy) is 1. The number of methoxy groups -OCH3 is 1. The van der Waals surface area contributed by atoms with Crippen LogP contribution in [0.2, 0.25) is 0 Å². The van der Waals surface area contributed by atoms with E-state index in [0.29, 0.717) is 32.0 Å². The summed E-state index contributed by atoms with van der Waals surface area (Å²) in [6.07, 6.45) is -3.51. The van der Waals surface area contributed by atoms with Gasteiger partial charge in [0.15, 0.2) is 5.96 Å². The summed E-state index contributed by atoms with van der Waals surface area (Å²) in [6, 6.07) is 7.91. The molecule has 1 fully saturated rings. The van der Waals surface area contributed by atoms with E-state index in [9.17, 15) is 13.2 Å². The Labute approximate surface area is 164 Å². The molecular weight excluding hydrogens is 371 g/mol. The summed E-state index contributed by atoms with van der Waals surface area (Å²) in [5.41, 5.74) is 1.10. The fourth-order valence-corrected chi connectivity index (χ4v) is 3.38. The highest BCUT2D eigenvalue weighted by atomic mass is 19.4. The smallest absolute Gasteiger partial charge is 0.401 e. The molecule has 1 aromatic carbocycles. The first-order chi connectivity index (χ1) is 13.2. The van der Waals surface area contributed by atoms with Crippen LogP contribution in [0.4, 0.5) is 13.2 Å². The molecule has 28 heavy (non-hydrogen) atoms. The molecule has 1 heterocycles. The average molecular weight is 401 g/mol. The SMILES string of the molecule is CN=C(NCC(c1cccc(OC)c1)N(C)C)NC1CCN(CC(F)(F)F)C1. The number of likely N-dealkylation sites (tertiary alicyclic amines) is 1. The minimum absolute atomic E-state index is 0.0526. The molecule has 2 atom stereocenters. The topological polar surface area (TPSA) is 52.1 Å². The van der Waals surface area contributed by atoms with E-state index in [-0.39, 0.29) is 12.1 Å². The summed E-state index contributed by atoms with van der Waals surface area (Å²) in [5.74, 6) is 1.39. The fraction of sp³-hybridized carbons (Fsp3) is 0.632. The van der Waals surface area contributed by atoms with Crippen LogP contribution < -0.4 is 15.4 Å². The van der Waals surface area contributed by atoms with Crippen LogP contribution in [0.1, 0.15) is 18.0 Å². The fourth-order valence-electron chi connectivity index (χ4n) is 3.38. The molecule has 2 unspecified atom stereocenters. The van der Waals surface area contributed by atoms with E-state index in [4.69, 9.17) is 4.74 Å². The second-order valence-corrected chi connectivity index (χ2v) is 7.19. The van der Waals surface area contributed by atoms with Gasteiger partial charge < -0.3 is 20.3 Å². The number of hydrogen-bond donors (Lipinski definition) is 2. The van der Waals surface area contributed by atoms with Crippen molar-refractivity contribution in [2.45, 2.75) is 24.7 Å². The summed E-state index contributed by atoms with van der Waals surface area (Å²) in [7, 11) is 7.29. The second-order valence-electron chi connectivity index (χ2n) is 7.19. The lowest BCUT2D eigenvalue weighted by molar-refractivity contribution is -0.143. The third-order valence-electron chi connectivity index (χ3n) is 4.80. The van der Waals surface area contributed by atoms with Crippen LogP contribution in [0.3, 0.4) is 0 Å². The van der Waals surface area contributed by atoms with E-state index in [1.165, 1.54) is 4.90 Å². The highest BCUT2D eigenvalue weighted by Gasteiger charge is 2.34. The van der Waals surface area contributed by atoms with Gasteiger partial charge in [0.1, 0.15) is 5.75 Å². The Hall–Kier alpha value is -2.00. The van der Waals surface area contributed by atoms with Gasteiger partial charge in [-0.1, -0.05) is 12.1 Å². The normalized spacial score (nSPS) is 19.7. The zero-order chi connectivity index (χ0) is 20.7. The third-order valence-corrected chi connectivity index (χ3v) is 4.80. The van der Waals surface area contributed by atoms with Crippen molar-refractivity contribution in [2.24, 2.45) is 4.99 Å². The first-order valence-corrected chi connectivity index (χ1v) is 9.28. The number of guanidine groups is 1. The van der Waals surface area contributed by atoms with Crippen molar-refractivity contribution in [3.63, 3.8) is 0 Å². The van der Waals surface area contributed by atoms with Crippen molar-refractivity contribution in [1.82, 2.24) is 20.4 Å². The molecular formula is C19H30F3N5O. The van der Waals surface area contributed by atoms with Gasteiger partial charge in [-0.2, -0.15) is 13.2 Å². The molecule has 1 aliphatic rings. The van der Waals surface area contributed by atoms with Gasteiger partial charge in [-0.3, -0.25) is 9.89 Å². The van der Waals surface area contributed by atoms with Crippen LogP contribution in [-0.2, 0) is 0 Å². The molecule has 0 aromatic heterocycles. The quantitative estimate of drug-likeness (QED) is 0.541. The number of likely N-dealkylation sites (N-methyl/N-ethyl adjacent to an activating group) is 1. The van der Waals surface area contributed by atoms with Gasteiger partial charge >= 0.3 is 6.18 Å². The van der Waals surface area contributed by atoms with E-state index in [0.717, 1.165) is 11.3 Å². The van der Waals surface area contributed by atoms with E-state index in [1.807, 2.05) is 38.4 Å². The number of hydrogen-bond acceptors (Lipinski definition) is 4. The van der Waals surface area contributed by atoms with Crippen molar-refractivity contribution < 1.29 is 17.9 Å². The zero-order valence-electron chi connectivity index (χ0n) is 16.9. The van der Waals surface area contributed by atoms with Crippen LogP contribution >= 0.6 is 0 Å². The van der Waals surface area contributed by atoms with E-state index < -0.39 is 12.7 Å². The molecule has 0 aliphatic carbocycles. The number of alkyl halides is 3. The molecule has 158 valence electrons. The highest BCUT2D eigenvalue weighted by Crippen LogP contribution is 2.22. The lowest BCUT2D eigenvalue weighted by Gasteiger charge is -2.27. The molecule has 0 bridgehead atoms. The Kier molecular flexibility index (Phi) is 7.94. The molecule has 1 aromatic rings. The van der Waals surface area contributed by atoms with Gasteiger partial charge in [0.05, 0.1) is 19.7 Å². The molecule has 0 amide bonds. The number of aliphatic imine (C=N–C) groups is 1. The summed E-state index contributed by atoms with van der Waals surface area (Å²) in [6.45, 7) is 0.514. The number of nitrogens with zero attached hydrogens (tertiary/aromatic N) is 3. The summed E-state index contributed by atoms with van der Waals surface area (Å²) >= 11 is 0. The van der Waals surface area contributed by atoms with E-state index >= 15 is 0 Å². The molecule has 2 rings (SSSR count). The van der Waals surface area contributed by atoms with Gasteiger partial charge in [-0.25, -0.2) is 0 Å².